The van der Waals surface area contributed by atoms with Crippen molar-refractivity contribution in [3.63, 3.8) is 0 Å². The summed E-state index contributed by atoms with van der Waals surface area (Å²) >= 11 is 0. The fourth-order valence-corrected chi connectivity index (χ4v) is 4.60. The van der Waals surface area contributed by atoms with Crippen LogP contribution in [0.1, 0.15) is 53.2 Å². The molecule has 0 bridgehead atoms. The molecule has 2 aromatic heterocycles. The van der Waals surface area contributed by atoms with Gasteiger partial charge in [-0.3, -0.25) is 9.78 Å². The molecule has 2 atom stereocenters. The highest BCUT2D eigenvalue weighted by molar-refractivity contribution is 5.99. The van der Waals surface area contributed by atoms with E-state index < -0.39 is 48.7 Å². The van der Waals surface area contributed by atoms with E-state index in [0.717, 1.165) is 0 Å². The van der Waals surface area contributed by atoms with Gasteiger partial charge in [-0.15, -0.1) is 10.2 Å². The summed E-state index contributed by atoms with van der Waals surface area (Å²) in [4.78, 5) is 31.1. The number of alkyl carbamates (subject to hydrolysis) is 1. The van der Waals surface area contributed by atoms with Gasteiger partial charge < -0.3 is 19.4 Å². The van der Waals surface area contributed by atoms with Gasteiger partial charge in [0, 0.05) is 12.6 Å². The molecular formula is C24H21F4N5O4. The van der Waals surface area contributed by atoms with Crippen LogP contribution in [0.15, 0.2) is 47.0 Å². The maximum atomic E-state index is 15.0. The topological polar surface area (TPSA) is 110 Å². The van der Waals surface area contributed by atoms with E-state index >= 15 is 0 Å². The average Bonchev–Trinajstić information content (AvgIpc) is 3.50. The van der Waals surface area contributed by atoms with Crippen LogP contribution in [0.4, 0.5) is 22.4 Å². The summed E-state index contributed by atoms with van der Waals surface area (Å²) < 4.78 is 65.6. The quantitative estimate of drug-likeness (QED) is 0.477. The van der Waals surface area contributed by atoms with Crippen LogP contribution in [0, 0.1) is 0 Å². The summed E-state index contributed by atoms with van der Waals surface area (Å²) in [7, 11) is 0. The molecule has 0 unspecified atom stereocenters. The lowest BCUT2D eigenvalue weighted by atomic mass is 9.86. The number of aromatic nitrogens is 3. The summed E-state index contributed by atoms with van der Waals surface area (Å²) in [6.07, 6.45) is -2.77. The highest BCUT2D eigenvalue weighted by Gasteiger charge is 2.52. The third-order valence-electron chi connectivity index (χ3n) is 6.39. The van der Waals surface area contributed by atoms with E-state index in [2.05, 4.69) is 20.5 Å². The number of halogens is 4. The molecule has 3 aromatic rings. The predicted octanol–water partition coefficient (Wildman–Crippen LogP) is 4.51. The Morgan fingerprint density at radius 2 is 2.03 bits per heavy atom. The first-order valence-electron chi connectivity index (χ1n) is 11.5. The molecule has 13 heteroatoms. The molecule has 1 fully saturated rings. The number of pyridine rings is 1. The zero-order chi connectivity index (χ0) is 26.2. The van der Waals surface area contributed by atoms with Gasteiger partial charge in [0.2, 0.25) is 5.89 Å². The van der Waals surface area contributed by atoms with Crippen LogP contribution < -0.4 is 5.32 Å². The van der Waals surface area contributed by atoms with Crippen LogP contribution in [0.2, 0.25) is 0 Å². The van der Waals surface area contributed by atoms with Crippen LogP contribution in [-0.2, 0) is 17.9 Å². The number of hydrogen-bond donors (Lipinski definition) is 1. The molecule has 1 aliphatic carbocycles. The van der Waals surface area contributed by atoms with E-state index in [1.807, 2.05) is 0 Å². The SMILES string of the molecule is O=C(N[C@H]1[C@H](N2Cc3ncc(-c4nnc(C(F)F)o4)cc3C2=O)CCCC1(F)F)OCc1ccccc1. The number of amides is 2. The Balaban J connectivity index is 1.33. The largest absolute Gasteiger partial charge is 0.445 e. The number of alkyl halides is 4. The Labute approximate surface area is 207 Å². The van der Waals surface area contributed by atoms with Gasteiger partial charge in [0.15, 0.2) is 0 Å². The Bertz CT molecular complexity index is 1300. The lowest BCUT2D eigenvalue weighted by Gasteiger charge is -2.42. The molecule has 3 heterocycles. The number of carbonyl (C=O) groups excluding carboxylic acids is 2. The number of nitrogens with zero attached hydrogens (tertiary/aromatic N) is 4. The second-order valence-electron chi connectivity index (χ2n) is 8.80. The third-order valence-corrected chi connectivity index (χ3v) is 6.39. The summed E-state index contributed by atoms with van der Waals surface area (Å²) in [6, 6.07) is 7.43. The van der Waals surface area contributed by atoms with E-state index in [1.165, 1.54) is 17.2 Å². The molecule has 194 valence electrons. The van der Waals surface area contributed by atoms with E-state index in [4.69, 9.17) is 9.15 Å². The van der Waals surface area contributed by atoms with Crippen LogP contribution in [0.5, 0.6) is 0 Å². The molecule has 1 N–H and O–H groups in total. The van der Waals surface area contributed by atoms with Crippen molar-refractivity contribution in [1.82, 2.24) is 25.4 Å². The molecule has 1 aliphatic heterocycles. The first kappa shape index (κ1) is 24.7. The van der Waals surface area contributed by atoms with Crippen LogP contribution in [0.25, 0.3) is 11.5 Å². The zero-order valence-electron chi connectivity index (χ0n) is 19.2. The molecule has 1 aromatic carbocycles. The van der Waals surface area contributed by atoms with Crippen molar-refractivity contribution in [2.24, 2.45) is 0 Å². The number of nitrogens with one attached hydrogen (secondary N) is 1. The Morgan fingerprint density at radius 1 is 1.24 bits per heavy atom. The van der Waals surface area contributed by atoms with Crippen molar-refractivity contribution >= 4 is 12.0 Å². The standard InChI is InChI=1S/C24H21F4N5O4/c25-19(26)21-32-31-20(37-21)14-9-15-16(29-10-14)11-33(22(15)34)17-7-4-8-24(27,28)18(17)30-23(35)36-12-13-5-2-1-3-6-13/h1-3,5-6,9-10,17-19H,4,7-8,11-12H2,(H,30,35)/t17-,18+/m1/s1. The van der Waals surface area contributed by atoms with Gasteiger partial charge >= 0.3 is 12.5 Å². The molecule has 37 heavy (non-hydrogen) atoms. The first-order valence-corrected chi connectivity index (χ1v) is 11.5. The molecule has 0 radical (unpaired) electrons. The van der Waals surface area contributed by atoms with Gasteiger partial charge in [-0.1, -0.05) is 30.3 Å². The van der Waals surface area contributed by atoms with Crippen molar-refractivity contribution in [2.75, 3.05) is 0 Å². The van der Waals surface area contributed by atoms with Crippen molar-refractivity contribution in [3.05, 3.63) is 65.3 Å². The fraction of sp³-hybridized carbons (Fsp3) is 0.375. The molecule has 2 amide bonds. The molecule has 9 nitrogen and oxygen atoms in total. The Hall–Kier alpha value is -4.03. The maximum Gasteiger partial charge on any atom is 0.407 e. The van der Waals surface area contributed by atoms with Crippen LogP contribution in [-0.4, -0.2) is 50.1 Å². The van der Waals surface area contributed by atoms with Crippen molar-refractivity contribution in [3.8, 4) is 11.5 Å². The minimum absolute atomic E-state index is 0.0570. The normalized spacial score (nSPS) is 20.7. The number of rotatable bonds is 6. The van der Waals surface area contributed by atoms with E-state index in [-0.39, 0.29) is 43.0 Å². The number of fused-ring (bicyclic) bond motifs is 1. The molecule has 1 saturated carbocycles. The van der Waals surface area contributed by atoms with Gasteiger partial charge in [-0.2, -0.15) is 8.78 Å². The third kappa shape index (κ3) is 4.98. The number of hydrogen-bond acceptors (Lipinski definition) is 7. The number of benzene rings is 1. The average molecular weight is 519 g/mol. The molecular weight excluding hydrogens is 498 g/mol. The van der Waals surface area contributed by atoms with E-state index in [1.54, 1.807) is 30.3 Å². The lowest BCUT2D eigenvalue weighted by Crippen LogP contribution is -2.62. The fourth-order valence-electron chi connectivity index (χ4n) is 4.60. The summed E-state index contributed by atoms with van der Waals surface area (Å²) in [6.45, 7) is -0.155. The van der Waals surface area contributed by atoms with Gasteiger partial charge in [-0.25, -0.2) is 13.6 Å². The predicted molar refractivity (Wildman–Crippen MR) is 118 cm³/mol. The van der Waals surface area contributed by atoms with Gasteiger partial charge in [0.25, 0.3) is 17.7 Å². The second-order valence-corrected chi connectivity index (χ2v) is 8.80. The second kappa shape index (κ2) is 9.79. The Morgan fingerprint density at radius 3 is 2.76 bits per heavy atom. The van der Waals surface area contributed by atoms with Gasteiger partial charge in [0.05, 0.1) is 29.4 Å². The summed E-state index contributed by atoms with van der Waals surface area (Å²) in [5, 5.41) is 9.08. The highest BCUT2D eigenvalue weighted by Crippen LogP contribution is 2.39. The minimum Gasteiger partial charge on any atom is -0.445 e. The highest BCUT2D eigenvalue weighted by atomic mass is 19.3. The van der Waals surface area contributed by atoms with Crippen molar-refractivity contribution in [1.29, 1.82) is 0 Å². The maximum absolute atomic E-state index is 15.0. The minimum atomic E-state index is -3.28. The zero-order valence-corrected chi connectivity index (χ0v) is 19.2. The van der Waals surface area contributed by atoms with E-state index in [0.29, 0.717) is 11.3 Å². The summed E-state index contributed by atoms with van der Waals surface area (Å²) in [5.41, 5.74) is 1.26. The Kier molecular flexibility index (Phi) is 6.52. The van der Waals surface area contributed by atoms with Gasteiger partial charge in [0.1, 0.15) is 12.6 Å². The number of ether oxygens (including phenoxy) is 1. The molecule has 2 aliphatic rings. The summed E-state index contributed by atoms with van der Waals surface area (Å²) in [5.74, 6) is -4.98. The van der Waals surface area contributed by atoms with Crippen molar-refractivity contribution < 1.29 is 36.3 Å². The monoisotopic (exact) mass is 519 g/mol. The van der Waals surface area contributed by atoms with E-state index in [9.17, 15) is 27.2 Å². The van der Waals surface area contributed by atoms with Gasteiger partial charge in [-0.05, 0) is 24.5 Å². The smallest absolute Gasteiger partial charge is 0.407 e. The van der Waals surface area contributed by atoms with Crippen LogP contribution >= 0.6 is 0 Å². The molecule has 5 rings (SSSR count). The first-order chi connectivity index (χ1) is 17.7. The number of carbonyl (C=O) groups is 2. The lowest BCUT2D eigenvalue weighted by molar-refractivity contribution is -0.0887. The van der Waals surface area contributed by atoms with Crippen LogP contribution in [0.3, 0.4) is 0 Å². The molecule has 0 saturated heterocycles. The van der Waals surface area contributed by atoms with Crippen molar-refractivity contribution in [2.45, 2.75) is 56.8 Å². The molecule has 0 spiro atoms.